The first-order valence-electron chi connectivity index (χ1n) is 8.34. The summed E-state index contributed by atoms with van der Waals surface area (Å²) < 4.78 is 21.6. The Morgan fingerprint density at radius 2 is 1.83 bits per heavy atom. The van der Waals surface area contributed by atoms with Crippen LogP contribution < -0.4 is 14.2 Å². The maximum absolute atomic E-state index is 10.3. The van der Waals surface area contributed by atoms with Crippen molar-refractivity contribution in [3.8, 4) is 17.2 Å². The monoisotopic (exact) mass is 340 g/mol. The van der Waals surface area contributed by atoms with E-state index in [1.54, 1.807) is 21.3 Å². The molecule has 0 saturated carbocycles. The number of ether oxygens (including phenoxy) is 4. The molecule has 1 aliphatic heterocycles. The molecule has 3 unspecified atom stereocenters. The molecule has 1 aliphatic rings. The molecule has 1 heterocycles. The predicted octanol–water partition coefficient (Wildman–Crippen LogP) is 1.94. The standard InChI is InChI=1S/C18H28O6/c1-21-16-8-12(9-17(22-2)18(16)23-3)4-5-13(19)10-15-11-14(20)6-7-24-15/h8-9,13-15,19-20H,4-7,10-11H2,1-3H3. The van der Waals surface area contributed by atoms with E-state index in [4.69, 9.17) is 18.9 Å². The maximum atomic E-state index is 10.3. The van der Waals surface area contributed by atoms with Gasteiger partial charge in [0.05, 0.1) is 39.6 Å². The Kier molecular flexibility index (Phi) is 7.15. The van der Waals surface area contributed by atoms with E-state index in [0.717, 1.165) is 5.56 Å². The summed E-state index contributed by atoms with van der Waals surface area (Å²) in [5.41, 5.74) is 1.01. The van der Waals surface area contributed by atoms with Crippen LogP contribution in [0.4, 0.5) is 0 Å². The fraction of sp³-hybridized carbons (Fsp3) is 0.667. The number of benzene rings is 1. The number of hydrogen-bond donors (Lipinski definition) is 2. The van der Waals surface area contributed by atoms with Crippen LogP contribution in [-0.4, -0.2) is 56.5 Å². The molecule has 2 N–H and O–H groups in total. The highest BCUT2D eigenvalue weighted by molar-refractivity contribution is 5.53. The third kappa shape index (κ3) is 5.00. The summed E-state index contributed by atoms with van der Waals surface area (Å²) in [4.78, 5) is 0. The van der Waals surface area contributed by atoms with E-state index in [1.165, 1.54) is 0 Å². The van der Waals surface area contributed by atoms with Crippen LogP contribution in [0.2, 0.25) is 0 Å². The molecular formula is C18H28O6. The van der Waals surface area contributed by atoms with Gasteiger partial charge in [-0.05, 0) is 49.8 Å². The quantitative estimate of drug-likeness (QED) is 0.753. The Hall–Kier alpha value is -1.50. The molecule has 1 saturated heterocycles. The summed E-state index contributed by atoms with van der Waals surface area (Å²) in [5, 5.41) is 19.9. The summed E-state index contributed by atoms with van der Waals surface area (Å²) in [7, 11) is 4.74. The predicted molar refractivity (Wildman–Crippen MR) is 90.0 cm³/mol. The smallest absolute Gasteiger partial charge is 0.203 e. The zero-order valence-electron chi connectivity index (χ0n) is 14.7. The summed E-state index contributed by atoms with van der Waals surface area (Å²) in [6.07, 6.45) is 2.26. The molecule has 24 heavy (non-hydrogen) atoms. The van der Waals surface area contributed by atoms with Gasteiger partial charge in [-0.1, -0.05) is 0 Å². The Morgan fingerprint density at radius 3 is 2.38 bits per heavy atom. The second kappa shape index (κ2) is 9.11. The van der Waals surface area contributed by atoms with Crippen molar-refractivity contribution in [3.05, 3.63) is 17.7 Å². The molecule has 0 aromatic heterocycles. The molecule has 3 atom stereocenters. The molecule has 1 aromatic rings. The highest BCUT2D eigenvalue weighted by atomic mass is 16.5. The van der Waals surface area contributed by atoms with Gasteiger partial charge in [0, 0.05) is 6.61 Å². The van der Waals surface area contributed by atoms with Crippen LogP contribution in [0.3, 0.4) is 0 Å². The zero-order chi connectivity index (χ0) is 17.5. The van der Waals surface area contributed by atoms with Gasteiger partial charge >= 0.3 is 0 Å². The topological polar surface area (TPSA) is 77.4 Å². The van der Waals surface area contributed by atoms with Crippen molar-refractivity contribution in [1.29, 1.82) is 0 Å². The van der Waals surface area contributed by atoms with Crippen molar-refractivity contribution in [3.63, 3.8) is 0 Å². The fourth-order valence-electron chi connectivity index (χ4n) is 3.06. The molecule has 0 amide bonds. The van der Waals surface area contributed by atoms with Crippen molar-refractivity contribution >= 4 is 0 Å². The number of hydrogen-bond acceptors (Lipinski definition) is 6. The molecule has 0 aliphatic carbocycles. The summed E-state index contributed by atoms with van der Waals surface area (Å²) >= 11 is 0. The van der Waals surface area contributed by atoms with E-state index < -0.39 is 6.10 Å². The number of aliphatic hydroxyl groups excluding tert-OH is 2. The number of rotatable bonds is 8. The average Bonchev–Trinajstić information content (AvgIpc) is 2.58. The van der Waals surface area contributed by atoms with Crippen LogP contribution in [0.1, 0.15) is 31.2 Å². The van der Waals surface area contributed by atoms with Crippen LogP contribution >= 0.6 is 0 Å². The van der Waals surface area contributed by atoms with Gasteiger partial charge in [-0.3, -0.25) is 0 Å². The first-order chi connectivity index (χ1) is 11.6. The first kappa shape index (κ1) is 18.8. The minimum absolute atomic E-state index is 0.0660. The third-order valence-corrected chi connectivity index (χ3v) is 4.37. The minimum atomic E-state index is -0.473. The van der Waals surface area contributed by atoms with E-state index >= 15 is 0 Å². The van der Waals surface area contributed by atoms with Crippen LogP contribution in [0.15, 0.2) is 12.1 Å². The molecule has 136 valence electrons. The van der Waals surface area contributed by atoms with Crippen LogP contribution in [0, 0.1) is 0 Å². The largest absolute Gasteiger partial charge is 0.493 e. The Balaban J connectivity index is 1.93. The highest BCUT2D eigenvalue weighted by Gasteiger charge is 2.23. The zero-order valence-corrected chi connectivity index (χ0v) is 14.7. The van der Waals surface area contributed by atoms with Gasteiger partial charge in [-0.15, -0.1) is 0 Å². The molecular weight excluding hydrogens is 312 g/mol. The highest BCUT2D eigenvalue weighted by Crippen LogP contribution is 2.38. The minimum Gasteiger partial charge on any atom is -0.493 e. The lowest BCUT2D eigenvalue weighted by Gasteiger charge is -2.28. The number of methoxy groups -OCH3 is 3. The van der Waals surface area contributed by atoms with Crippen LogP contribution in [-0.2, 0) is 11.2 Å². The van der Waals surface area contributed by atoms with Gasteiger partial charge in [0.1, 0.15) is 0 Å². The van der Waals surface area contributed by atoms with E-state index in [0.29, 0.717) is 56.0 Å². The van der Waals surface area contributed by atoms with Crippen LogP contribution in [0.5, 0.6) is 17.2 Å². The lowest BCUT2D eigenvalue weighted by Crippen LogP contribution is -2.31. The molecule has 0 radical (unpaired) electrons. The first-order valence-corrected chi connectivity index (χ1v) is 8.34. The lowest BCUT2D eigenvalue weighted by molar-refractivity contribution is -0.0618. The summed E-state index contributed by atoms with van der Waals surface area (Å²) in [6.45, 7) is 0.561. The molecule has 6 nitrogen and oxygen atoms in total. The molecule has 0 spiro atoms. The number of aryl methyl sites for hydroxylation is 1. The van der Waals surface area contributed by atoms with E-state index in [1.807, 2.05) is 12.1 Å². The molecule has 1 aromatic carbocycles. The van der Waals surface area contributed by atoms with Gasteiger partial charge in [0.25, 0.3) is 0 Å². The molecule has 6 heteroatoms. The van der Waals surface area contributed by atoms with Gasteiger partial charge in [-0.2, -0.15) is 0 Å². The molecule has 0 bridgehead atoms. The Labute approximate surface area is 143 Å². The van der Waals surface area contributed by atoms with Crippen molar-refractivity contribution in [1.82, 2.24) is 0 Å². The molecule has 2 rings (SSSR count). The fourth-order valence-corrected chi connectivity index (χ4v) is 3.06. The van der Waals surface area contributed by atoms with Crippen molar-refractivity contribution < 1.29 is 29.2 Å². The van der Waals surface area contributed by atoms with Crippen molar-refractivity contribution in [2.24, 2.45) is 0 Å². The Morgan fingerprint density at radius 1 is 1.17 bits per heavy atom. The maximum Gasteiger partial charge on any atom is 0.203 e. The third-order valence-electron chi connectivity index (χ3n) is 4.37. The second-order valence-corrected chi connectivity index (χ2v) is 6.13. The summed E-state index contributed by atoms with van der Waals surface area (Å²) in [5.74, 6) is 1.79. The average molecular weight is 340 g/mol. The second-order valence-electron chi connectivity index (χ2n) is 6.13. The van der Waals surface area contributed by atoms with E-state index in [-0.39, 0.29) is 12.2 Å². The van der Waals surface area contributed by atoms with Gasteiger partial charge in [0.15, 0.2) is 11.5 Å². The number of aliphatic hydroxyl groups is 2. The lowest BCUT2D eigenvalue weighted by atomic mass is 9.97. The van der Waals surface area contributed by atoms with E-state index in [2.05, 4.69) is 0 Å². The van der Waals surface area contributed by atoms with Crippen molar-refractivity contribution in [2.45, 2.75) is 50.4 Å². The van der Waals surface area contributed by atoms with Gasteiger partial charge in [0.2, 0.25) is 5.75 Å². The summed E-state index contributed by atoms with van der Waals surface area (Å²) in [6, 6.07) is 3.80. The van der Waals surface area contributed by atoms with Crippen molar-refractivity contribution in [2.75, 3.05) is 27.9 Å². The molecule has 1 fully saturated rings. The normalized spacial score (nSPS) is 22.0. The SMILES string of the molecule is COc1cc(CCC(O)CC2CC(O)CCO2)cc(OC)c1OC. The van der Waals surface area contributed by atoms with Gasteiger partial charge in [-0.25, -0.2) is 0 Å². The Bertz CT molecular complexity index is 493. The van der Waals surface area contributed by atoms with E-state index in [9.17, 15) is 10.2 Å². The van der Waals surface area contributed by atoms with Crippen LogP contribution in [0.25, 0.3) is 0 Å². The van der Waals surface area contributed by atoms with Gasteiger partial charge < -0.3 is 29.2 Å².